The summed E-state index contributed by atoms with van der Waals surface area (Å²) in [6, 6.07) is 10.0. The number of nitrogens with one attached hydrogen (secondary N) is 1. The van der Waals surface area contributed by atoms with Crippen LogP contribution < -0.4 is 4.72 Å². The molecule has 0 radical (unpaired) electrons. The van der Waals surface area contributed by atoms with Crippen molar-refractivity contribution in [1.29, 1.82) is 0 Å². The number of nitrogens with zero attached hydrogens (tertiary/aromatic N) is 3. The first-order valence-electron chi connectivity index (χ1n) is 12.8. The summed E-state index contributed by atoms with van der Waals surface area (Å²) < 4.78 is 31.9. The number of hydrogen-bond donors (Lipinski definition) is 1. The smallest absolute Gasteiger partial charge is 0.241 e. The van der Waals surface area contributed by atoms with E-state index in [9.17, 15) is 13.2 Å². The van der Waals surface area contributed by atoms with Gasteiger partial charge in [-0.2, -0.15) is 4.72 Å². The zero-order chi connectivity index (χ0) is 25.3. The van der Waals surface area contributed by atoms with Gasteiger partial charge in [-0.3, -0.25) is 4.79 Å². The van der Waals surface area contributed by atoms with Crippen molar-refractivity contribution in [1.82, 2.24) is 19.2 Å². The average Bonchev–Trinajstić information content (AvgIpc) is 3.30. The van der Waals surface area contributed by atoms with Crippen molar-refractivity contribution in [2.45, 2.75) is 62.9 Å². The Balaban J connectivity index is 1.42. The van der Waals surface area contributed by atoms with Crippen molar-refractivity contribution in [2.75, 3.05) is 13.1 Å². The Morgan fingerprint density at radius 2 is 1.86 bits per heavy atom. The summed E-state index contributed by atoms with van der Waals surface area (Å²) in [6.07, 6.45) is 9.46. The third-order valence-electron chi connectivity index (χ3n) is 7.91. The van der Waals surface area contributed by atoms with Crippen molar-refractivity contribution < 1.29 is 13.2 Å². The van der Waals surface area contributed by atoms with Gasteiger partial charge in [0.2, 0.25) is 21.2 Å². The molecule has 1 unspecified atom stereocenters. The Hall–Kier alpha value is -2.42. The van der Waals surface area contributed by atoms with Crippen LogP contribution in [-0.4, -0.2) is 47.9 Å². The van der Waals surface area contributed by atoms with E-state index in [0.717, 1.165) is 23.8 Å². The summed E-state index contributed by atoms with van der Waals surface area (Å²) in [5.41, 5.74) is 1.00. The molecule has 1 aliphatic carbocycles. The summed E-state index contributed by atoms with van der Waals surface area (Å²) in [7, 11) is -3.97. The Morgan fingerprint density at radius 3 is 2.61 bits per heavy atom. The van der Waals surface area contributed by atoms with E-state index < -0.39 is 16.1 Å². The lowest BCUT2D eigenvalue weighted by molar-refractivity contribution is -0.136. The number of carbonyl (C=O) groups excluding carboxylic acids is 1. The van der Waals surface area contributed by atoms with E-state index in [0.29, 0.717) is 42.1 Å². The molecular formula is C27H33ClN4O3S. The second kappa shape index (κ2) is 10.5. The molecule has 0 bridgehead atoms. The van der Waals surface area contributed by atoms with Crippen LogP contribution in [0.1, 0.15) is 44.1 Å². The number of fused-ring (bicyclic) bond motifs is 2. The number of rotatable bonds is 7. The Kier molecular flexibility index (Phi) is 7.37. The number of carbonyl (C=O) groups is 1. The Morgan fingerprint density at radius 1 is 1.11 bits per heavy atom. The highest BCUT2D eigenvalue weighted by Crippen LogP contribution is 2.36. The lowest BCUT2D eigenvalue weighted by Gasteiger charge is -2.42. The van der Waals surface area contributed by atoms with Crippen LogP contribution in [0.4, 0.5) is 0 Å². The fourth-order valence-corrected chi connectivity index (χ4v) is 7.54. The summed E-state index contributed by atoms with van der Waals surface area (Å²) in [4.78, 5) is 19.9. The number of amides is 1. The van der Waals surface area contributed by atoms with Crippen LogP contribution in [-0.2, 0) is 21.4 Å². The molecule has 2 aromatic carbocycles. The Bertz CT molecular complexity index is 1360. The highest BCUT2D eigenvalue weighted by Gasteiger charge is 2.36. The molecule has 192 valence electrons. The van der Waals surface area contributed by atoms with Crippen LogP contribution in [0.15, 0.2) is 53.7 Å². The van der Waals surface area contributed by atoms with Gasteiger partial charge in [-0.1, -0.05) is 49.6 Å². The second-order valence-corrected chi connectivity index (χ2v) is 12.2. The minimum absolute atomic E-state index is 0.157. The van der Waals surface area contributed by atoms with Crippen molar-refractivity contribution in [2.24, 2.45) is 11.8 Å². The molecule has 1 N–H and O–H groups in total. The molecule has 7 nitrogen and oxygen atoms in total. The van der Waals surface area contributed by atoms with E-state index in [-0.39, 0.29) is 17.2 Å². The van der Waals surface area contributed by atoms with Crippen LogP contribution in [0.5, 0.6) is 0 Å². The predicted molar refractivity (Wildman–Crippen MR) is 141 cm³/mol. The van der Waals surface area contributed by atoms with E-state index in [1.54, 1.807) is 23.0 Å². The number of aromatic nitrogens is 2. The second-order valence-electron chi connectivity index (χ2n) is 10.2. The standard InChI is InChI=1S/C27H33ClN4O3S/c1-19-10-11-25(23-9-5-4-8-22(19)23)36(34,35)30-24(13-16-31-17-14-29-27(31)28)26(33)32-15-12-20-6-2-3-7-21(20)18-32/h4-5,8-11,14,17,20-21,24,30H,2-3,6-7,12-13,15-16,18H2,1H3/t20-,21-,24?/m1/s1. The minimum Gasteiger partial charge on any atom is -0.341 e. The van der Waals surface area contributed by atoms with Crippen LogP contribution >= 0.6 is 11.6 Å². The first-order valence-corrected chi connectivity index (χ1v) is 14.7. The van der Waals surface area contributed by atoms with Crippen LogP contribution in [0.25, 0.3) is 10.8 Å². The maximum absolute atomic E-state index is 13.8. The molecule has 1 aliphatic heterocycles. The van der Waals surface area contributed by atoms with Gasteiger partial charge in [-0.05, 0) is 66.6 Å². The number of halogens is 1. The highest BCUT2D eigenvalue weighted by atomic mass is 35.5. The summed E-state index contributed by atoms with van der Waals surface area (Å²) >= 11 is 6.15. The molecule has 9 heteroatoms. The molecule has 2 aliphatic rings. The monoisotopic (exact) mass is 528 g/mol. The number of hydrogen-bond acceptors (Lipinski definition) is 4. The largest absolute Gasteiger partial charge is 0.341 e. The number of piperidine rings is 1. The summed E-state index contributed by atoms with van der Waals surface area (Å²) in [5, 5.41) is 1.85. The zero-order valence-electron chi connectivity index (χ0n) is 20.6. The van der Waals surface area contributed by atoms with Crippen molar-refractivity contribution >= 4 is 38.3 Å². The van der Waals surface area contributed by atoms with Gasteiger partial charge in [0.25, 0.3) is 0 Å². The third kappa shape index (κ3) is 5.17. The highest BCUT2D eigenvalue weighted by molar-refractivity contribution is 7.89. The first kappa shape index (κ1) is 25.2. The maximum atomic E-state index is 13.8. The van der Waals surface area contributed by atoms with E-state index in [1.165, 1.54) is 19.3 Å². The molecular weight excluding hydrogens is 496 g/mol. The van der Waals surface area contributed by atoms with Gasteiger partial charge in [0.05, 0.1) is 4.90 Å². The summed E-state index contributed by atoms with van der Waals surface area (Å²) in [5.74, 6) is 1.04. The molecule has 5 rings (SSSR count). The number of sulfonamides is 1. The van der Waals surface area contributed by atoms with Gasteiger partial charge in [0.15, 0.2) is 0 Å². The van der Waals surface area contributed by atoms with E-state index >= 15 is 0 Å². The number of benzene rings is 2. The molecule has 0 spiro atoms. The molecule has 1 amide bonds. The van der Waals surface area contributed by atoms with Gasteiger partial charge in [-0.25, -0.2) is 13.4 Å². The number of likely N-dealkylation sites (tertiary alicyclic amines) is 1. The normalized spacial score (nSPS) is 21.3. The van der Waals surface area contributed by atoms with Gasteiger partial charge >= 0.3 is 0 Å². The third-order valence-corrected chi connectivity index (χ3v) is 9.76. The molecule has 1 aromatic heterocycles. The van der Waals surface area contributed by atoms with Gasteiger partial charge in [-0.15, -0.1) is 0 Å². The number of aryl methyl sites for hydroxylation is 2. The van der Waals surface area contributed by atoms with Crippen molar-refractivity contribution in [3.63, 3.8) is 0 Å². The molecule has 3 aromatic rings. The lowest BCUT2D eigenvalue weighted by Crippen LogP contribution is -2.53. The molecule has 1 saturated heterocycles. The first-order chi connectivity index (χ1) is 17.3. The van der Waals surface area contributed by atoms with Gasteiger partial charge in [0, 0.05) is 37.4 Å². The van der Waals surface area contributed by atoms with Crippen molar-refractivity contribution in [3.8, 4) is 0 Å². The topological polar surface area (TPSA) is 84.3 Å². The van der Waals surface area contributed by atoms with Gasteiger partial charge < -0.3 is 9.47 Å². The molecule has 36 heavy (non-hydrogen) atoms. The molecule has 2 fully saturated rings. The van der Waals surface area contributed by atoms with Gasteiger partial charge in [0.1, 0.15) is 6.04 Å². The minimum atomic E-state index is -3.97. The van der Waals surface area contributed by atoms with Crippen LogP contribution in [0.2, 0.25) is 5.28 Å². The Labute approximate surface area is 217 Å². The SMILES string of the molecule is Cc1ccc(S(=O)(=O)NC(CCn2ccnc2Cl)C(=O)N2CC[C@H]3CCCC[C@@H]3C2)c2ccccc12. The molecule has 2 heterocycles. The predicted octanol–water partition coefficient (Wildman–Crippen LogP) is 4.77. The summed E-state index contributed by atoms with van der Waals surface area (Å²) in [6.45, 7) is 3.73. The number of imidazole rings is 1. The van der Waals surface area contributed by atoms with E-state index in [2.05, 4.69) is 9.71 Å². The molecule has 3 atom stereocenters. The van der Waals surface area contributed by atoms with Crippen LogP contribution in [0.3, 0.4) is 0 Å². The quantitative estimate of drug-likeness (QED) is 0.478. The zero-order valence-corrected chi connectivity index (χ0v) is 22.1. The average molecular weight is 529 g/mol. The lowest BCUT2D eigenvalue weighted by atomic mass is 9.75. The van der Waals surface area contributed by atoms with Crippen molar-refractivity contribution in [3.05, 3.63) is 59.6 Å². The fraction of sp³-hybridized carbons (Fsp3) is 0.481. The maximum Gasteiger partial charge on any atom is 0.241 e. The van der Waals surface area contributed by atoms with E-state index in [1.807, 2.05) is 42.2 Å². The van der Waals surface area contributed by atoms with E-state index in [4.69, 9.17) is 11.6 Å². The molecule has 1 saturated carbocycles. The fourth-order valence-electron chi connectivity index (χ4n) is 5.91. The van der Waals surface area contributed by atoms with Crippen LogP contribution in [0, 0.1) is 18.8 Å².